The molecule has 0 unspecified atom stereocenters. The number of hydrogen-bond acceptors (Lipinski definition) is 4. The summed E-state index contributed by atoms with van der Waals surface area (Å²) in [4.78, 5) is 15.0. The largest absolute Gasteiger partial charge is 0.372 e. The molecule has 3 rings (SSSR count). The Morgan fingerprint density at radius 1 is 1.00 bits per heavy atom. The first-order chi connectivity index (χ1) is 14.1. The minimum absolute atomic E-state index is 0.266. The number of aryl methyl sites for hydroxylation is 3. The first kappa shape index (κ1) is 22.2. The Bertz CT molecular complexity index is 987. The van der Waals surface area contributed by atoms with Gasteiger partial charge < -0.3 is 10.2 Å². The quantitative estimate of drug-likeness (QED) is 0.753. The molecule has 2 aromatic carbocycles. The number of nitrogens with one attached hydrogen (secondary N) is 1. The van der Waals surface area contributed by atoms with Crippen molar-refractivity contribution < 1.29 is 13.2 Å². The smallest absolute Gasteiger partial charge is 0.245 e. The predicted octanol–water partition coefficient (Wildman–Crippen LogP) is 4.01. The zero-order valence-electron chi connectivity index (χ0n) is 18.2. The third kappa shape index (κ3) is 5.33. The third-order valence-corrected chi connectivity index (χ3v) is 6.56. The fourth-order valence-corrected chi connectivity index (χ4v) is 5.14. The third-order valence-electron chi connectivity index (χ3n) is 5.44. The Kier molecular flexibility index (Phi) is 6.71. The average molecular weight is 430 g/mol. The summed E-state index contributed by atoms with van der Waals surface area (Å²) in [6.07, 6.45) is 4.82. The van der Waals surface area contributed by atoms with E-state index in [2.05, 4.69) is 10.2 Å². The maximum absolute atomic E-state index is 12.7. The lowest BCUT2D eigenvalue weighted by molar-refractivity contribution is -0.114. The number of anilines is 3. The van der Waals surface area contributed by atoms with Crippen LogP contribution < -0.4 is 14.5 Å². The average Bonchev–Trinajstić information content (AvgIpc) is 2.67. The summed E-state index contributed by atoms with van der Waals surface area (Å²) >= 11 is 0. The van der Waals surface area contributed by atoms with Crippen molar-refractivity contribution in [3.05, 3.63) is 53.1 Å². The van der Waals surface area contributed by atoms with Crippen LogP contribution in [0.15, 0.2) is 36.4 Å². The van der Waals surface area contributed by atoms with Crippen LogP contribution >= 0.6 is 0 Å². The number of amides is 1. The van der Waals surface area contributed by atoms with Gasteiger partial charge in [-0.05, 0) is 75.4 Å². The first-order valence-electron chi connectivity index (χ1n) is 10.4. The van der Waals surface area contributed by atoms with Gasteiger partial charge in [0.15, 0.2) is 0 Å². The molecule has 1 saturated heterocycles. The van der Waals surface area contributed by atoms with E-state index in [9.17, 15) is 13.2 Å². The van der Waals surface area contributed by atoms with Crippen molar-refractivity contribution in [3.8, 4) is 0 Å². The Morgan fingerprint density at radius 3 is 2.10 bits per heavy atom. The van der Waals surface area contributed by atoms with Gasteiger partial charge in [-0.2, -0.15) is 0 Å². The molecule has 162 valence electrons. The molecule has 1 fully saturated rings. The van der Waals surface area contributed by atoms with Crippen molar-refractivity contribution in [1.82, 2.24) is 0 Å². The predicted molar refractivity (Wildman–Crippen MR) is 124 cm³/mol. The van der Waals surface area contributed by atoms with Crippen LogP contribution in [0, 0.1) is 20.8 Å². The van der Waals surface area contributed by atoms with E-state index in [-0.39, 0.29) is 12.5 Å². The number of carbonyl (C=O) groups is 1. The molecule has 7 heteroatoms. The molecule has 0 atom stereocenters. The van der Waals surface area contributed by atoms with Crippen molar-refractivity contribution in [2.24, 2.45) is 0 Å². The first-order valence-corrected chi connectivity index (χ1v) is 12.2. The van der Waals surface area contributed by atoms with E-state index in [1.165, 1.54) is 23.6 Å². The normalized spacial score (nSPS) is 14.5. The summed E-state index contributed by atoms with van der Waals surface area (Å²) in [5.41, 5.74) is 5.09. The van der Waals surface area contributed by atoms with Gasteiger partial charge in [0.25, 0.3) is 0 Å². The molecule has 0 saturated carbocycles. The van der Waals surface area contributed by atoms with Crippen molar-refractivity contribution in [2.45, 2.75) is 40.0 Å². The zero-order valence-corrected chi connectivity index (χ0v) is 19.1. The number of sulfonamides is 1. The van der Waals surface area contributed by atoms with Gasteiger partial charge in [0.05, 0.1) is 11.9 Å². The topological polar surface area (TPSA) is 69.7 Å². The second kappa shape index (κ2) is 9.08. The van der Waals surface area contributed by atoms with E-state index in [1.54, 1.807) is 0 Å². The standard InChI is InChI=1S/C23H31N3O3S/c1-17-14-18(2)23(19(3)15-17)26(30(4,28)29)16-22(27)24-20-8-10-21(11-9-20)25-12-6-5-7-13-25/h8-11,14-15H,5-7,12-13,16H2,1-4H3,(H,24,27). The van der Waals surface area contributed by atoms with Gasteiger partial charge in [0.2, 0.25) is 15.9 Å². The number of hydrogen-bond donors (Lipinski definition) is 1. The van der Waals surface area contributed by atoms with Crippen LogP contribution in [0.3, 0.4) is 0 Å². The van der Waals surface area contributed by atoms with Crippen LogP contribution in [-0.2, 0) is 14.8 Å². The van der Waals surface area contributed by atoms with Crippen LogP contribution in [0.5, 0.6) is 0 Å². The maximum Gasteiger partial charge on any atom is 0.245 e. The molecule has 6 nitrogen and oxygen atoms in total. The van der Waals surface area contributed by atoms with Crippen LogP contribution in [0.4, 0.5) is 17.1 Å². The Hall–Kier alpha value is -2.54. The second-order valence-electron chi connectivity index (χ2n) is 8.16. The minimum atomic E-state index is -3.62. The fraction of sp³-hybridized carbons (Fsp3) is 0.435. The van der Waals surface area contributed by atoms with Gasteiger partial charge in [-0.1, -0.05) is 17.7 Å². The molecule has 0 aliphatic carbocycles. The summed E-state index contributed by atoms with van der Waals surface area (Å²) in [6.45, 7) is 7.55. The fourth-order valence-electron chi connectivity index (χ4n) is 4.17. The molecule has 1 heterocycles. The van der Waals surface area contributed by atoms with Crippen molar-refractivity contribution >= 4 is 33.0 Å². The lowest BCUT2D eigenvalue weighted by atomic mass is 10.1. The molecule has 0 radical (unpaired) electrons. The van der Waals surface area contributed by atoms with Gasteiger partial charge in [0, 0.05) is 24.5 Å². The molecule has 1 amide bonds. The van der Waals surface area contributed by atoms with Gasteiger partial charge in [0.1, 0.15) is 6.54 Å². The van der Waals surface area contributed by atoms with E-state index >= 15 is 0 Å². The van der Waals surface area contributed by atoms with Gasteiger partial charge in [-0.25, -0.2) is 8.42 Å². The monoisotopic (exact) mass is 429 g/mol. The molecular formula is C23H31N3O3S. The van der Waals surface area contributed by atoms with E-state index in [1.807, 2.05) is 57.2 Å². The van der Waals surface area contributed by atoms with Crippen LogP contribution in [0.25, 0.3) is 0 Å². The molecule has 2 aromatic rings. The Balaban J connectivity index is 1.74. The number of benzene rings is 2. The van der Waals surface area contributed by atoms with Crippen molar-refractivity contribution in [1.29, 1.82) is 0 Å². The van der Waals surface area contributed by atoms with Crippen molar-refractivity contribution in [3.63, 3.8) is 0 Å². The lowest BCUT2D eigenvalue weighted by Gasteiger charge is -2.29. The van der Waals surface area contributed by atoms with Crippen LogP contribution in [0.1, 0.15) is 36.0 Å². The van der Waals surface area contributed by atoms with Crippen LogP contribution in [0.2, 0.25) is 0 Å². The lowest BCUT2D eigenvalue weighted by Crippen LogP contribution is -2.38. The minimum Gasteiger partial charge on any atom is -0.372 e. The molecule has 0 spiro atoms. The highest BCUT2D eigenvalue weighted by Gasteiger charge is 2.24. The number of piperidine rings is 1. The highest BCUT2D eigenvalue weighted by Crippen LogP contribution is 2.28. The van der Waals surface area contributed by atoms with Crippen molar-refractivity contribution in [2.75, 3.05) is 40.4 Å². The number of rotatable bonds is 6. The summed E-state index contributed by atoms with van der Waals surface area (Å²) < 4.78 is 26.1. The van der Waals surface area contributed by atoms with Crippen LogP contribution in [-0.4, -0.2) is 40.2 Å². The molecule has 30 heavy (non-hydrogen) atoms. The summed E-state index contributed by atoms with van der Waals surface area (Å²) in [6, 6.07) is 11.6. The van der Waals surface area contributed by atoms with E-state index in [0.717, 1.165) is 41.7 Å². The zero-order chi connectivity index (χ0) is 21.9. The van der Waals surface area contributed by atoms with Gasteiger partial charge in [-0.3, -0.25) is 9.10 Å². The summed E-state index contributed by atoms with van der Waals surface area (Å²) in [5.74, 6) is -0.370. The highest BCUT2D eigenvalue weighted by molar-refractivity contribution is 7.92. The van der Waals surface area contributed by atoms with E-state index in [0.29, 0.717) is 11.4 Å². The van der Waals surface area contributed by atoms with Gasteiger partial charge in [-0.15, -0.1) is 0 Å². The molecule has 1 aliphatic rings. The summed E-state index contributed by atoms with van der Waals surface area (Å²) in [5, 5.41) is 2.83. The maximum atomic E-state index is 12.7. The molecule has 1 N–H and O–H groups in total. The number of carbonyl (C=O) groups excluding carboxylic acids is 1. The second-order valence-corrected chi connectivity index (χ2v) is 10.1. The molecule has 0 aromatic heterocycles. The molecular weight excluding hydrogens is 398 g/mol. The molecule has 1 aliphatic heterocycles. The highest BCUT2D eigenvalue weighted by atomic mass is 32.2. The number of nitrogens with zero attached hydrogens (tertiary/aromatic N) is 2. The SMILES string of the molecule is Cc1cc(C)c(N(CC(=O)Nc2ccc(N3CCCCC3)cc2)S(C)(=O)=O)c(C)c1. The van der Waals surface area contributed by atoms with E-state index < -0.39 is 10.0 Å². The van der Waals surface area contributed by atoms with Gasteiger partial charge >= 0.3 is 0 Å². The van der Waals surface area contributed by atoms with E-state index in [4.69, 9.17) is 0 Å². The Morgan fingerprint density at radius 2 is 1.57 bits per heavy atom. The molecule has 0 bridgehead atoms. The Labute approximate surface area is 179 Å². The summed E-state index contributed by atoms with van der Waals surface area (Å²) in [7, 11) is -3.62.